The third-order valence-corrected chi connectivity index (χ3v) is 7.45. The van der Waals surface area contributed by atoms with Gasteiger partial charge in [0, 0.05) is 35.5 Å². The summed E-state index contributed by atoms with van der Waals surface area (Å²) in [6.45, 7) is 8.00. The number of hydrogen-bond acceptors (Lipinski definition) is 6. The maximum absolute atomic E-state index is 13.5. The first-order chi connectivity index (χ1) is 20.5. The number of anilines is 1. The van der Waals surface area contributed by atoms with Crippen LogP contribution in [0, 0.1) is 11.8 Å². The van der Waals surface area contributed by atoms with Gasteiger partial charge in [-0.15, -0.1) is 0 Å². The number of carbonyl (C=O) groups is 4. The van der Waals surface area contributed by atoms with Crippen molar-refractivity contribution in [1.82, 2.24) is 15.6 Å². The van der Waals surface area contributed by atoms with Gasteiger partial charge in [-0.25, -0.2) is 9.59 Å². The number of aromatic amines is 1. The first-order valence-electron chi connectivity index (χ1n) is 14.9. The maximum atomic E-state index is 13.5. The fourth-order valence-electron chi connectivity index (χ4n) is 5.28. The van der Waals surface area contributed by atoms with Crippen LogP contribution in [0.5, 0.6) is 0 Å². The van der Waals surface area contributed by atoms with Crippen LogP contribution in [-0.4, -0.2) is 53.7 Å². The molecule has 0 spiro atoms. The van der Waals surface area contributed by atoms with E-state index in [4.69, 9.17) is 9.47 Å². The summed E-state index contributed by atoms with van der Waals surface area (Å²) in [7, 11) is 0. The molecule has 0 aliphatic heterocycles. The molecule has 0 radical (unpaired) electrons. The molecule has 4 rings (SSSR count). The van der Waals surface area contributed by atoms with Gasteiger partial charge in [-0.3, -0.25) is 9.59 Å². The molecule has 1 aliphatic rings. The molecule has 1 heterocycles. The van der Waals surface area contributed by atoms with Gasteiger partial charge in [-0.2, -0.15) is 0 Å². The molecule has 1 aliphatic carbocycles. The Hall–Kier alpha value is -4.34. The Kier molecular flexibility index (Phi) is 10.4. The summed E-state index contributed by atoms with van der Waals surface area (Å²) in [6, 6.07) is 15.8. The second-order valence-electron chi connectivity index (χ2n) is 12.0. The maximum Gasteiger partial charge on any atom is 0.407 e. The number of amides is 3. The highest BCUT2D eigenvalue weighted by Gasteiger charge is 2.30. The number of rotatable bonds is 10. The number of benzene rings is 2. The monoisotopic (exact) mass is 590 g/mol. The van der Waals surface area contributed by atoms with Crippen LogP contribution in [0.2, 0.25) is 0 Å². The number of aromatic nitrogens is 1. The largest absolute Gasteiger partial charge is 0.461 e. The number of H-pyrrole nitrogens is 1. The average Bonchev–Trinajstić information content (AvgIpc) is 3.39. The number of carbonyl (C=O) groups excluding carboxylic acids is 4. The van der Waals surface area contributed by atoms with Crippen LogP contribution in [0.25, 0.3) is 10.9 Å². The smallest absolute Gasteiger partial charge is 0.407 e. The predicted octanol–water partition coefficient (Wildman–Crippen LogP) is 5.34. The number of fused-ring (bicyclic) bond motifs is 1. The molecule has 2 aromatic carbocycles. The third-order valence-electron chi connectivity index (χ3n) is 7.45. The van der Waals surface area contributed by atoms with E-state index < -0.39 is 23.7 Å². The Labute approximate surface area is 252 Å². The van der Waals surface area contributed by atoms with Crippen molar-refractivity contribution in [3.8, 4) is 0 Å². The molecular weight excluding hydrogens is 548 g/mol. The van der Waals surface area contributed by atoms with Crippen molar-refractivity contribution in [3.05, 3.63) is 65.9 Å². The highest BCUT2D eigenvalue weighted by atomic mass is 16.6. The van der Waals surface area contributed by atoms with E-state index in [2.05, 4.69) is 20.9 Å². The molecule has 0 saturated heterocycles. The van der Waals surface area contributed by atoms with Gasteiger partial charge < -0.3 is 30.4 Å². The summed E-state index contributed by atoms with van der Waals surface area (Å²) in [6.07, 6.45) is 2.87. The minimum absolute atomic E-state index is 0.144. The normalized spacial score (nSPS) is 17.5. The first kappa shape index (κ1) is 31.6. The zero-order chi connectivity index (χ0) is 31.0. The van der Waals surface area contributed by atoms with Gasteiger partial charge in [0.2, 0.25) is 11.8 Å². The van der Waals surface area contributed by atoms with E-state index in [-0.39, 0.29) is 30.3 Å². The molecule has 10 nitrogen and oxygen atoms in total. The molecule has 3 aromatic rings. The van der Waals surface area contributed by atoms with Crippen molar-refractivity contribution in [2.24, 2.45) is 11.8 Å². The van der Waals surface area contributed by atoms with Crippen molar-refractivity contribution < 1.29 is 28.7 Å². The number of hydrogen-bond donors (Lipinski definition) is 4. The van der Waals surface area contributed by atoms with Crippen LogP contribution in [-0.2, 0) is 25.5 Å². The van der Waals surface area contributed by atoms with Crippen LogP contribution in [0.4, 0.5) is 10.5 Å². The minimum Gasteiger partial charge on any atom is -0.461 e. The molecule has 0 bridgehead atoms. The van der Waals surface area contributed by atoms with E-state index in [1.807, 2.05) is 51.1 Å². The Morgan fingerprint density at radius 1 is 0.977 bits per heavy atom. The molecule has 4 N–H and O–H groups in total. The highest BCUT2D eigenvalue weighted by Crippen LogP contribution is 2.29. The van der Waals surface area contributed by atoms with E-state index in [0.717, 1.165) is 29.3 Å². The Bertz CT molecular complexity index is 1420. The number of alkyl carbamates (subject to hydrolysis) is 1. The molecule has 10 heteroatoms. The fourth-order valence-corrected chi connectivity index (χ4v) is 5.28. The third kappa shape index (κ3) is 9.33. The summed E-state index contributed by atoms with van der Waals surface area (Å²) in [4.78, 5) is 54.0. The summed E-state index contributed by atoms with van der Waals surface area (Å²) in [5, 5.41) is 9.54. The lowest BCUT2D eigenvalue weighted by molar-refractivity contribution is -0.130. The lowest BCUT2D eigenvalue weighted by Crippen LogP contribution is -2.48. The SMILES string of the molecule is CCOC(=O)c1cc2cc(NC(=O)[C@@H](Cc3ccccc3)NC(=O)C3CCC(CNC(=O)OC(C)(C)C)CC3)ccc2[nH]1. The standard InChI is InChI=1S/C33H42N4O6/c1-5-42-31(40)28-19-24-18-25(15-16-26(24)36-28)35-30(39)27(17-21-9-7-6-8-10-21)37-29(38)23-13-11-22(12-14-23)20-34-32(41)43-33(2,3)4/h6-10,15-16,18-19,22-23,27,36H,5,11-14,17,20H2,1-4H3,(H,34,41)(H,35,39)(H,37,38)/t22?,23?,27-/m1/s1. The fraction of sp³-hybridized carbons (Fsp3) is 0.455. The van der Waals surface area contributed by atoms with Gasteiger partial charge >= 0.3 is 12.1 Å². The second kappa shape index (κ2) is 14.2. The van der Waals surface area contributed by atoms with Crippen LogP contribution >= 0.6 is 0 Å². The zero-order valence-electron chi connectivity index (χ0n) is 25.3. The quantitative estimate of drug-likeness (QED) is 0.235. The molecule has 1 fully saturated rings. The molecule has 230 valence electrons. The summed E-state index contributed by atoms with van der Waals surface area (Å²) in [5.41, 5.74) is 2.01. The van der Waals surface area contributed by atoms with Crippen molar-refractivity contribution in [2.75, 3.05) is 18.5 Å². The van der Waals surface area contributed by atoms with Gasteiger partial charge in [0.25, 0.3) is 0 Å². The summed E-state index contributed by atoms with van der Waals surface area (Å²) in [5.74, 6) is -0.847. The number of ether oxygens (including phenoxy) is 2. The summed E-state index contributed by atoms with van der Waals surface area (Å²) < 4.78 is 10.4. The van der Waals surface area contributed by atoms with Crippen molar-refractivity contribution >= 4 is 40.5 Å². The van der Waals surface area contributed by atoms with E-state index in [1.165, 1.54) is 0 Å². The summed E-state index contributed by atoms with van der Waals surface area (Å²) >= 11 is 0. The molecule has 3 amide bonds. The minimum atomic E-state index is -0.779. The Morgan fingerprint density at radius 2 is 1.70 bits per heavy atom. The highest BCUT2D eigenvalue weighted by molar-refractivity contribution is 6.00. The van der Waals surface area contributed by atoms with E-state index >= 15 is 0 Å². The molecule has 43 heavy (non-hydrogen) atoms. The van der Waals surface area contributed by atoms with Crippen molar-refractivity contribution in [2.45, 2.75) is 71.4 Å². The molecule has 1 aromatic heterocycles. The van der Waals surface area contributed by atoms with Gasteiger partial charge in [-0.05, 0) is 89.1 Å². The van der Waals surface area contributed by atoms with Crippen LogP contribution in [0.15, 0.2) is 54.6 Å². The van der Waals surface area contributed by atoms with Crippen LogP contribution < -0.4 is 16.0 Å². The van der Waals surface area contributed by atoms with Crippen molar-refractivity contribution in [1.29, 1.82) is 0 Å². The second-order valence-corrected chi connectivity index (χ2v) is 12.0. The molecular formula is C33H42N4O6. The van der Waals surface area contributed by atoms with Gasteiger partial charge in [0.15, 0.2) is 0 Å². The molecule has 1 saturated carbocycles. The lowest BCUT2D eigenvalue weighted by atomic mass is 9.81. The number of nitrogens with one attached hydrogen (secondary N) is 4. The molecule has 0 unspecified atom stereocenters. The van der Waals surface area contributed by atoms with Gasteiger partial charge in [0.05, 0.1) is 6.61 Å². The zero-order valence-corrected chi connectivity index (χ0v) is 25.3. The molecule has 1 atom stereocenters. The average molecular weight is 591 g/mol. The van der Waals surface area contributed by atoms with Gasteiger partial charge in [0.1, 0.15) is 17.3 Å². The van der Waals surface area contributed by atoms with Crippen LogP contribution in [0.3, 0.4) is 0 Å². The van der Waals surface area contributed by atoms with Crippen LogP contribution in [0.1, 0.15) is 69.4 Å². The Morgan fingerprint density at radius 3 is 2.37 bits per heavy atom. The first-order valence-corrected chi connectivity index (χ1v) is 14.9. The Balaban J connectivity index is 1.37. The van der Waals surface area contributed by atoms with E-state index in [9.17, 15) is 19.2 Å². The predicted molar refractivity (Wildman–Crippen MR) is 165 cm³/mol. The van der Waals surface area contributed by atoms with Crippen molar-refractivity contribution in [3.63, 3.8) is 0 Å². The topological polar surface area (TPSA) is 139 Å². The number of esters is 1. The van der Waals surface area contributed by atoms with E-state index in [0.29, 0.717) is 37.2 Å². The van der Waals surface area contributed by atoms with E-state index in [1.54, 1.807) is 31.2 Å². The lowest BCUT2D eigenvalue weighted by Gasteiger charge is -2.29. The van der Waals surface area contributed by atoms with Gasteiger partial charge in [-0.1, -0.05) is 30.3 Å².